The summed E-state index contributed by atoms with van der Waals surface area (Å²) in [5.41, 5.74) is 2.24. The lowest BCUT2D eigenvalue weighted by Gasteiger charge is -2.15. The third kappa shape index (κ3) is 6.73. The van der Waals surface area contributed by atoms with E-state index in [9.17, 15) is 4.79 Å². The number of amides is 1. The third-order valence-corrected chi connectivity index (χ3v) is 4.81. The van der Waals surface area contributed by atoms with Gasteiger partial charge in [0.25, 0.3) is 0 Å². The average molecular weight is 409 g/mol. The molecule has 27 heavy (non-hydrogen) atoms. The van der Waals surface area contributed by atoms with E-state index in [1.54, 1.807) is 0 Å². The number of ether oxygens (including phenoxy) is 1. The Balaban J connectivity index is 0.00000261. The number of halogens is 2. The zero-order chi connectivity index (χ0) is 18.2. The molecule has 0 unspecified atom stereocenters. The van der Waals surface area contributed by atoms with Gasteiger partial charge < -0.3 is 15.0 Å². The maximum Gasteiger partial charge on any atom is 0.222 e. The van der Waals surface area contributed by atoms with Crippen LogP contribution in [-0.2, 0) is 17.9 Å². The number of hydrogen-bond acceptors (Lipinski definition) is 3. The Hall–Kier alpha value is -1.75. The van der Waals surface area contributed by atoms with Crippen LogP contribution in [0.1, 0.15) is 30.4 Å². The first-order chi connectivity index (χ1) is 12.7. The SMILES string of the molecule is Cl.O=C1CCCN1CCCNCc1ccc(OCc2ccccc2)c(Cl)c1. The fourth-order valence-electron chi connectivity index (χ4n) is 3.07. The van der Waals surface area contributed by atoms with Crippen LogP contribution in [0.5, 0.6) is 5.75 Å². The van der Waals surface area contributed by atoms with Gasteiger partial charge in [0.05, 0.1) is 5.02 Å². The number of carbonyl (C=O) groups is 1. The molecule has 1 saturated heterocycles. The van der Waals surface area contributed by atoms with Gasteiger partial charge in [-0.25, -0.2) is 0 Å². The number of carbonyl (C=O) groups excluding carboxylic acids is 1. The van der Waals surface area contributed by atoms with Crippen molar-refractivity contribution < 1.29 is 9.53 Å². The van der Waals surface area contributed by atoms with E-state index >= 15 is 0 Å². The van der Waals surface area contributed by atoms with Gasteiger partial charge >= 0.3 is 0 Å². The highest BCUT2D eigenvalue weighted by atomic mass is 35.5. The largest absolute Gasteiger partial charge is 0.487 e. The van der Waals surface area contributed by atoms with Crippen molar-refractivity contribution in [2.45, 2.75) is 32.4 Å². The Bertz CT molecular complexity index is 725. The van der Waals surface area contributed by atoms with Crippen LogP contribution in [0.4, 0.5) is 0 Å². The average Bonchev–Trinajstić information content (AvgIpc) is 3.06. The molecule has 1 heterocycles. The summed E-state index contributed by atoms with van der Waals surface area (Å²) in [6.45, 7) is 3.91. The van der Waals surface area contributed by atoms with E-state index < -0.39 is 0 Å². The standard InChI is InChI=1S/C21H25ClN2O2.ClH/c22-19-14-18(15-23-11-5-13-24-12-4-8-21(24)25)9-10-20(19)26-16-17-6-2-1-3-7-17;/h1-3,6-7,9-10,14,23H,4-5,8,11-13,15-16H2;1H. The summed E-state index contributed by atoms with van der Waals surface area (Å²) >= 11 is 6.34. The lowest BCUT2D eigenvalue weighted by Crippen LogP contribution is -2.28. The van der Waals surface area contributed by atoms with Crippen LogP contribution in [0, 0.1) is 0 Å². The highest BCUT2D eigenvalue weighted by Gasteiger charge is 2.18. The minimum atomic E-state index is 0. The van der Waals surface area contributed by atoms with Crippen LogP contribution in [0.3, 0.4) is 0 Å². The van der Waals surface area contributed by atoms with Gasteiger partial charge in [0.1, 0.15) is 12.4 Å². The molecule has 1 amide bonds. The molecular formula is C21H26Cl2N2O2. The van der Waals surface area contributed by atoms with Crippen LogP contribution >= 0.6 is 24.0 Å². The van der Waals surface area contributed by atoms with Gasteiger partial charge in [-0.2, -0.15) is 0 Å². The Morgan fingerprint density at radius 3 is 2.63 bits per heavy atom. The predicted molar refractivity (Wildman–Crippen MR) is 112 cm³/mol. The molecule has 1 fully saturated rings. The van der Waals surface area contributed by atoms with Crippen molar-refractivity contribution in [3.8, 4) is 5.75 Å². The second-order valence-corrected chi connectivity index (χ2v) is 6.96. The Morgan fingerprint density at radius 2 is 1.93 bits per heavy atom. The van der Waals surface area contributed by atoms with E-state index in [4.69, 9.17) is 16.3 Å². The monoisotopic (exact) mass is 408 g/mol. The first-order valence-corrected chi connectivity index (χ1v) is 9.54. The van der Waals surface area contributed by atoms with Crippen molar-refractivity contribution in [2.24, 2.45) is 0 Å². The molecular weight excluding hydrogens is 383 g/mol. The van der Waals surface area contributed by atoms with Crippen molar-refractivity contribution in [1.29, 1.82) is 0 Å². The summed E-state index contributed by atoms with van der Waals surface area (Å²) in [6, 6.07) is 15.9. The fraction of sp³-hybridized carbons (Fsp3) is 0.381. The predicted octanol–water partition coefficient (Wildman–Crippen LogP) is 4.44. The van der Waals surface area contributed by atoms with Crippen LogP contribution in [0.15, 0.2) is 48.5 Å². The highest BCUT2D eigenvalue weighted by Crippen LogP contribution is 2.26. The van der Waals surface area contributed by atoms with E-state index in [0.717, 1.165) is 50.1 Å². The number of likely N-dealkylation sites (tertiary alicyclic amines) is 1. The number of nitrogens with zero attached hydrogens (tertiary/aromatic N) is 1. The Labute approximate surface area is 172 Å². The molecule has 0 radical (unpaired) electrons. The third-order valence-electron chi connectivity index (χ3n) is 4.52. The molecule has 146 valence electrons. The number of nitrogens with one attached hydrogen (secondary N) is 1. The molecule has 1 aliphatic rings. The molecule has 2 aromatic carbocycles. The first kappa shape index (κ1) is 21.5. The van der Waals surface area contributed by atoms with Crippen molar-refractivity contribution in [2.75, 3.05) is 19.6 Å². The molecule has 0 atom stereocenters. The zero-order valence-corrected chi connectivity index (χ0v) is 16.9. The molecule has 0 saturated carbocycles. The second-order valence-electron chi connectivity index (χ2n) is 6.55. The van der Waals surface area contributed by atoms with E-state index in [1.165, 1.54) is 0 Å². The molecule has 0 aromatic heterocycles. The summed E-state index contributed by atoms with van der Waals surface area (Å²) in [5.74, 6) is 0.995. The van der Waals surface area contributed by atoms with Crippen molar-refractivity contribution in [1.82, 2.24) is 10.2 Å². The number of rotatable bonds is 9. The minimum Gasteiger partial charge on any atom is -0.487 e. The molecule has 1 aliphatic heterocycles. The van der Waals surface area contributed by atoms with Crippen LogP contribution < -0.4 is 10.1 Å². The van der Waals surface area contributed by atoms with E-state index in [-0.39, 0.29) is 12.4 Å². The molecule has 1 N–H and O–H groups in total. The molecule has 3 rings (SSSR count). The molecule has 0 aliphatic carbocycles. The van der Waals surface area contributed by atoms with Crippen LogP contribution in [0.25, 0.3) is 0 Å². The topological polar surface area (TPSA) is 41.6 Å². The summed E-state index contributed by atoms with van der Waals surface area (Å²) in [6.07, 6.45) is 2.69. The fourth-order valence-corrected chi connectivity index (χ4v) is 3.33. The Kier molecular flexibility index (Phi) is 8.92. The van der Waals surface area contributed by atoms with E-state index in [0.29, 0.717) is 29.7 Å². The maximum absolute atomic E-state index is 11.6. The second kappa shape index (κ2) is 11.2. The van der Waals surface area contributed by atoms with Gasteiger partial charge in [-0.15, -0.1) is 12.4 Å². The van der Waals surface area contributed by atoms with E-state index in [2.05, 4.69) is 5.32 Å². The summed E-state index contributed by atoms with van der Waals surface area (Å²) in [7, 11) is 0. The van der Waals surface area contributed by atoms with Crippen molar-refractivity contribution >= 4 is 29.9 Å². The van der Waals surface area contributed by atoms with Gasteiger partial charge in [0.15, 0.2) is 0 Å². The van der Waals surface area contributed by atoms with Gasteiger partial charge in [-0.3, -0.25) is 4.79 Å². The van der Waals surface area contributed by atoms with Crippen LogP contribution in [-0.4, -0.2) is 30.4 Å². The lowest BCUT2D eigenvalue weighted by molar-refractivity contribution is -0.127. The zero-order valence-electron chi connectivity index (χ0n) is 15.3. The molecule has 4 nitrogen and oxygen atoms in total. The summed E-state index contributed by atoms with van der Waals surface area (Å²) in [5, 5.41) is 4.04. The summed E-state index contributed by atoms with van der Waals surface area (Å²) < 4.78 is 5.80. The van der Waals surface area contributed by atoms with Gasteiger partial charge in [0.2, 0.25) is 5.91 Å². The molecule has 6 heteroatoms. The van der Waals surface area contributed by atoms with Gasteiger partial charge in [0, 0.05) is 26.1 Å². The maximum atomic E-state index is 11.6. The lowest BCUT2D eigenvalue weighted by atomic mass is 10.2. The number of hydrogen-bond donors (Lipinski definition) is 1. The normalized spacial score (nSPS) is 13.5. The smallest absolute Gasteiger partial charge is 0.222 e. The highest BCUT2D eigenvalue weighted by molar-refractivity contribution is 6.32. The van der Waals surface area contributed by atoms with Gasteiger partial charge in [-0.05, 0) is 42.6 Å². The van der Waals surface area contributed by atoms with Crippen molar-refractivity contribution in [3.05, 3.63) is 64.7 Å². The molecule has 2 aromatic rings. The quantitative estimate of drug-likeness (QED) is 0.623. The van der Waals surface area contributed by atoms with Gasteiger partial charge in [-0.1, -0.05) is 48.0 Å². The first-order valence-electron chi connectivity index (χ1n) is 9.16. The number of benzene rings is 2. The van der Waals surface area contributed by atoms with Crippen molar-refractivity contribution in [3.63, 3.8) is 0 Å². The molecule has 0 spiro atoms. The minimum absolute atomic E-state index is 0. The van der Waals surface area contributed by atoms with Crippen LogP contribution in [0.2, 0.25) is 5.02 Å². The Morgan fingerprint density at radius 1 is 1.11 bits per heavy atom. The summed E-state index contributed by atoms with van der Waals surface area (Å²) in [4.78, 5) is 13.5. The molecule has 0 bridgehead atoms. The van der Waals surface area contributed by atoms with E-state index in [1.807, 2.05) is 53.4 Å².